The Morgan fingerprint density at radius 1 is 1.20 bits per heavy atom. The van der Waals surface area contributed by atoms with Crippen LogP contribution in [0.15, 0.2) is 53.6 Å². The van der Waals surface area contributed by atoms with Crippen molar-refractivity contribution >= 4 is 5.57 Å². The minimum Gasteiger partial charge on any atom is -0.192 e. The van der Waals surface area contributed by atoms with Crippen LogP contribution in [-0.2, 0) is 0 Å². The van der Waals surface area contributed by atoms with Crippen LogP contribution in [-0.4, -0.2) is 0 Å². The monoisotopic (exact) mass is 265 g/mol. The summed E-state index contributed by atoms with van der Waals surface area (Å²) in [6, 6.07) is 9.92. The molecular formula is C19H23N. The third-order valence-corrected chi connectivity index (χ3v) is 3.18. The molecule has 0 aliphatic rings. The average Bonchev–Trinajstić information content (AvgIpc) is 2.46. The molecule has 0 radical (unpaired) electrons. The molecule has 0 atom stereocenters. The fraction of sp³-hybridized carbons (Fsp3) is 0.316. The molecule has 0 fully saturated rings. The number of allylic oxidation sites excluding steroid dienone is 6. The van der Waals surface area contributed by atoms with Crippen molar-refractivity contribution in [2.75, 3.05) is 0 Å². The van der Waals surface area contributed by atoms with E-state index in [0.29, 0.717) is 5.56 Å². The fourth-order valence-corrected chi connectivity index (χ4v) is 2.07. The van der Waals surface area contributed by atoms with E-state index in [2.05, 4.69) is 45.1 Å². The standard InChI is InChI=1S/C19H23N/c1-5-7-18(15(3)4)13-19(8-6-2)17-11-9-16(14-20)10-12-17/h6,8-13H,5,7H2,1-4H3/b8-6-,19-13+. The molecule has 1 aromatic rings. The van der Waals surface area contributed by atoms with Gasteiger partial charge in [0.15, 0.2) is 0 Å². The second-order valence-corrected chi connectivity index (χ2v) is 5.06. The van der Waals surface area contributed by atoms with E-state index in [9.17, 15) is 0 Å². The maximum Gasteiger partial charge on any atom is 0.0991 e. The van der Waals surface area contributed by atoms with Gasteiger partial charge in [0, 0.05) is 0 Å². The minimum absolute atomic E-state index is 0.699. The van der Waals surface area contributed by atoms with E-state index in [1.165, 1.54) is 16.7 Å². The summed E-state index contributed by atoms with van der Waals surface area (Å²) in [4.78, 5) is 0. The van der Waals surface area contributed by atoms with E-state index in [-0.39, 0.29) is 0 Å². The van der Waals surface area contributed by atoms with Gasteiger partial charge >= 0.3 is 0 Å². The maximum atomic E-state index is 8.87. The first-order valence-electron chi connectivity index (χ1n) is 7.13. The second kappa shape index (κ2) is 8.17. The van der Waals surface area contributed by atoms with E-state index >= 15 is 0 Å². The van der Waals surface area contributed by atoms with Crippen molar-refractivity contribution in [3.8, 4) is 6.07 Å². The summed E-state index contributed by atoms with van der Waals surface area (Å²) in [5, 5.41) is 8.87. The lowest BCUT2D eigenvalue weighted by molar-refractivity contribution is 0.913. The van der Waals surface area contributed by atoms with Crippen LogP contribution in [0.1, 0.15) is 51.7 Å². The molecule has 0 N–H and O–H groups in total. The van der Waals surface area contributed by atoms with Gasteiger partial charge in [0.2, 0.25) is 0 Å². The Bertz CT molecular complexity index is 559. The summed E-state index contributed by atoms with van der Waals surface area (Å²) < 4.78 is 0. The number of nitriles is 1. The van der Waals surface area contributed by atoms with Gasteiger partial charge in [-0.2, -0.15) is 5.26 Å². The van der Waals surface area contributed by atoms with Crippen LogP contribution in [0.25, 0.3) is 5.57 Å². The first-order chi connectivity index (χ1) is 9.62. The Balaban J connectivity index is 3.22. The van der Waals surface area contributed by atoms with Crippen LogP contribution in [0.2, 0.25) is 0 Å². The molecular weight excluding hydrogens is 242 g/mol. The molecule has 0 saturated carbocycles. The molecule has 0 spiro atoms. The largest absolute Gasteiger partial charge is 0.192 e. The van der Waals surface area contributed by atoms with E-state index in [1.54, 1.807) is 0 Å². The summed E-state index contributed by atoms with van der Waals surface area (Å²) in [5.74, 6) is 0. The lowest BCUT2D eigenvalue weighted by Crippen LogP contribution is -1.87. The molecule has 0 aromatic heterocycles. The minimum atomic E-state index is 0.699. The normalized spacial score (nSPS) is 11.4. The molecule has 1 heteroatoms. The van der Waals surface area contributed by atoms with Crippen LogP contribution < -0.4 is 0 Å². The molecule has 1 nitrogen and oxygen atoms in total. The van der Waals surface area contributed by atoms with Gasteiger partial charge in [-0.15, -0.1) is 0 Å². The van der Waals surface area contributed by atoms with Crippen molar-refractivity contribution in [3.63, 3.8) is 0 Å². The summed E-state index contributed by atoms with van der Waals surface area (Å²) in [5.41, 5.74) is 5.80. The Hall–Kier alpha value is -2.07. The van der Waals surface area contributed by atoms with Gasteiger partial charge in [-0.05, 0) is 56.0 Å². The topological polar surface area (TPSA) is 23.8 Å². The Morgan fingerprint density at radius 2 is 1.85 bits per heavy atom. The van der Waals surface area contributed by atoms with E-state index < -0.39 is 0 Å². The zero-order valence-electron chi connectivity index (χ0n) is 12.9. The molecule has 0 bridgehead atoms. The number of nitrogens with zero attached hydrogens (tertiary/aromatic N) is 1. The highest BCUT2D eigenvalue weighted by atomic mass is 14.2. The molecule has 1 aromatic carbocycles. The third-order valence-electron chi connectivity index (χ3n) is 3.18. The van der Waals surface area contributed by atoms with Gasteiger partial charge < -0.3 is 0 Å². The summed E-state index contributed by atoms with van der Waals surface area (Å²) >= 11 is 0. The highest BCUT2D eigenvalue weighted by molar-refractivity contribution is 5.76. The number of rotatable bonds is 5. The number of benzene rings is 1. The van der Waals surface area contributed by atoms with Crippen molar-refractivity contribution in [1.29, 1.82) is 5.26 Å². The number of hydrogen-bond acceptors (Lipinski definition) is 1. The summed E-state index contributed by atoms with van der Waals surface area (Å²) in [6.07, 6.45) is 8.69. The van der Waals surface area contributed by atoms with Crippen LogP contribution in [0.3, 0.4) is 0 Å². The van der Waals surface area contributed by atoms with E-state index in [0.717, 1.165) is 18.4 Å². The first-order valence-corrected chi connectivity index (χ1v) is 7.13. The molecule has 0 amide bonds. The van der Waals surface area contributed by atoms with Crippen molar-refractivity contribution in [2.24, 2.45) is 0 Å². The zero-order chi connectivity index (χ0) is 15.0. The molecule has 104 valence electrons. The molecule has 1 rings (SSSR count). The highest BCUT2D eigenvalue weighted by Crippen LogP contribution is 2.22. The van der Waals surface area contributed by atoms with Gasteiger partial charge in [0.25, 0.3) is 0 Å². The van der Waals surface area contributed by atoms with Gasteiger partial charge in [0.05, 0.1) is 11.6 Å². The Kier molecular flexibility index (Phi) is 6.53. The third kappa shape index (κ3) is 4.55. The fourth-order valence-electron chi connectivity index (χ4n) is 2.07. The molecule has 0 saturated heterocycles. The van der Waals surface area contributed by atoms with Crippen LogP contribution in [0.5, 0.6) is 0 Å². The smallest absolute Gasteiger partial charge is 0.0991 e. The van der Waals surface area contributed by atoms with Crippen LogP contribution in [0.4, 0.5) is 0 Å². The van der Waals surface area contributed by atoms with Crippen molar-refractivity contribution in [1.82, 2.24) is 0 Å². The predicted octanol–water partition coefficient (Wildman–Crippen LogP) is 5.65. The summed E-state index contributed by atoms with van der Waals surface area (Å²) in [6.45, 7) is 8.55. The SMILES string of the molecule is C/C=C\C(=C/C(CCC)=C(C)C)c1ccc(C#N)cc1. The zero-order valence-corrected chi connectivity index (χ0v) is 12.9. The number of hydrogen-bond donors (Lipinski definition) is 0. The van der Waals surface area contributed by atoms with Gasteiger partial charge in [0.1, 0.15) is 0 Å². The quantitative estimate of drug-likeness (QED) is 0.631. The van der Waals surface area contributed by atoms with Gasteiger partial charge in [-0.25, -0.2) is 0 Å². The van der Waals surface area contributed by atoms with Crippen LogP contribution >= 0.6 is 0 Å². The van der Waals surface area contributed by atoms with Gasteiger partial charge in [-0.1, -0.05) is 49.3 Å². The average molecular weight is 265 g/mol. The Labute approximate surface area is 122 Å². The Morgan fingerprint density at radius 3 is 2.30 bits per heavy atom. The van der Waals surface area contributed by atoms with Gasteiger partial charge in [-0.3, -0.25) is 0 Å². The molecule has 0 aliphatic carbocycles. The molecule has 0 heterocycles. The molecule has 20 heavy (non-hydrogen) atoms. The van der Waals surface area contributed by atoms with E-state index in [4.69, 9.17) is 5.26 Å². The predicted molar refractivity (Wildman–Crippen MR) is 87.2 cm³/mol. The molecule has 0 unspecified atom stereocenters. The first kappa shape index (κ1) is 16.0. The van der Waals surface area contributed by atoms with Crippen LogP contribution in [0, 0.1) is 11.3 Å². The van der Waals surface area contributed by atoms with Crippen molar-refractivity contribution in [3.05, 3.63) is 64.8 Å². The van der Waals surface area contributed by atoms with Crippen molar-refractivity contribution < 1.29 is 0 Å². The second-order valence-electron chi connectivity index (χ2n) is 5.06. The lowest BCUT2D eigenvalue weighted by atomic mass is 9.97. The lowest BCUT2D eigenvalue weighted by Gasteiger charge is -2.08. The molecule has 0 aliphatic heterocycles. The maximum absolute atomic E-state index is 8.87. The highest BCUT2D eigenvalue weighted by Gasteiger charge is 2.02. The summed E-state index contributed by atoms with van der Waals surface area (Å²) in [7, 11) is 0. The van der Waals surface area contributed by atoms with Crippen molar-refractivity contribution in [2.45, 2.75) is 40.5 Å². The van der Waals surface area contributed by atoms with E-state index in [1.807, 2.05) is 31.2 Å².